The van der Waals surface area contributed by atoms with Gasteiger partial charge < -0.3 is 10.1 Å². The molecule has 92 valence electrons. The monoisotopic (exact) mass is 241 g/mol. The quantitative estimate of drug-likeness (QED) is 0.836. The molecule has 0 amide bonds. The zero-order valence-electron chi connectivity index (χ0n) is 10.2. The first kappa shape index (κ1) is 12.2. The summed E-state index contributed by atoms with van der Waals surface area (Å²) in [5.41, 5.74) is 2.67. The van der Waals surface area contributed by atoms with E-state index in [0.717, 1.165) is 11.3 Å². The number of esters is 1. The van der Waals surface area contributed by atoms with Crippen LogP contribution in [0.25, 0.3) is 0 Å². The first-order chi connectivity index (χ1) is 8.79. The zero-order chi connectivity index (χ0) is 12.8. The van der Waals surface area contributed by atoms with Crippen LogP contribution in [0.15, 0.2) is 54.6 Å². The molecule has 0 saturated carbocycles. The molecule has 1 N–H and O–H groups in total. The van der Waals surface area contributed by atoms with Crippen molar-refractivity contribution in [3.63, 3.8) is 0 Å². The average Bonchev–Trinajstić information content (AvgIpc) is 2.45. The number of hydrogen-bond donors (Lipinski definition) is 1. The van der Waals surface area contributed by atoms with Gasteiger partial charge in [-0.1, -0.05) is 30.3 Å². The summed E-state index contributed by atoms with van der Waals surface area (Å²) in [6, 6.07) is 17.4. The van der Waals surface area contributed by atoms with Gasteiger partial charge in [-0.05, 0) is 29.8 Å². The average molecular weight is 241 g/mol. The SMILES string of the molecule is COC(=O)c1cccc(CNc2ccccc2)c1. The molecule has 0 fully saturated rings. The van der Waals surface area contributed by atoms with Crippen LogP contribution < -0.4 is 5.32 Å². The van der Waals surface area contributed by atoms with Crippen LogP contribution in [-0.4, -0.2) is 13.1 Å². The summed E-state index contributed by atoms with van der Waals surface area (Å²) < 4.78 is 4.69. The van der Waals surface area contributed by atoms with Crippen LogP contribution in [0, 0.1) is 0 Å². The van der Waals surface area contributed by atoms with Crippen LogP contribution in [0.3, 0.4) is 0 Å². The molecule has 0 radical (unpaired) electrons. The zero-order valence-corrected chi connectivity index (χ0v) is 10.2. The summed E-state index contributed by atoms with van der Waals surface area (Å²) in [7, 11) is 1.39. The van der Waals surface area contributed by atoms with Crippen molar-refractivity contribution in [2.24, 2.45) is 0 Å². The van der Waals surface area contributed by atoms with E-state index in [1.165, 1.54) is 7.11 Å². The van der Waals surface area contributed by atoms with Crippen molar-refractivity contribution in [3.8, 4) is 0 Å². The van der Waals surface area contributed by atoms with Crippen molar-refractivity contribution in [2.75, 3.05) is 12.4 Å². The topological polar surface area (TPSA) is 38.3 Å². The van der Waals surface area contributed by atoms with Crippen LogP contribution >= 0.6 is 0 Å². The molecule has 0 unspecified atom stereocenters. The lowest BCUT2D eigenvalue weighted by atomic mass is 10.1. The molecule has 0 spiro atoms. The normalized spacial score (nSPS) is 9.83. The Bertz CT molecular complexity index is 523. The third-order valence-electron chi connectivity index (χ3n) is 2.62. The second kappa shape index (κ2) is 5.87. The van der Waals surface area contributed by atoms with E-state index in [-0.39, 0.29) is 5.97 Å². The summed E-state index contributed by atoms with van der Waals surface area (Å²) in [4.78, 5) is 11.4. The van der Waals surface area contributed by atoms with Crippen molar-refractivity contribution in [1.29, 1.82) is 0 Å². The molecule has 0 aliphatic rings. The number of carbonyl (C=O) groups is 1. The number of ether oxygens (including phenoxy) is 1. The molecule has 3 heteroatoms. The second-order valence-electron chi connectivity index (χ2n) is 3.91. The first-order valence-corrected chi connectivity index (χ1v) is 5.76. The van der Waals surface area contributed by atoms with E-state index in [2.05, 4.69) is 5.32 Å². The summed E-state index contributed by atoms with van der Waals surface area (Å²) in [6.45, 7) is 0.675. The van der Waals surface area contributed by atoms with Crippen molar-refractivity contribution in [2.45, 2.75) is 6.54 Å². The highest BCUT2D eigenvalue weighted by Crippen LogP contribution is 2.10. The van der Waals surface area contributed by atoms with Gasteiger partial charge in [0.1, 0.15) is 0 Å². The third kappa shape index (κ3) is 3.10. The Morgan fingerprint density at radius 3 is 2.61 bits per heavy atom. The number of methoxy groups -OCH3 is 1. The van der Waals surface area contributed by atoms with Gasteiger partial charge in [0, 0.05) is 12.2 Å². The predicted octanol–water partition coefficient (Wildman–Crippen LogP) is 3.09. The van der Waals surface area contributed by atoms with Crippen LogP contribution in [0.2, 0.25) is 0 Å². The van der Waals surface area contributed by atoms with Crippen molar-refractivity contribution in [1.82, 2.24) is 0 Å². The number of rotatable bonds is 4. The number of hydrogen-bond acceptors (Lipinski definition) is 3. The van der Waals surface area contributed by atoms with Gasteiger partial charge in [-0.25, -0.2) is 4.79 Å². The van der Waals surface area contributed by atoms with E-state index in [9.17, 15) is 4.79 Å². The number of anilines is 1. The molecule has 0 saturated heterocycles. The lowest BCUT2D eigenvalue weighted by Gasteiger charge is -2.07. The minimum Gasteiger partial charge on any atom is -0.465 e. The van der Waals surface area contributed by atoms with E-state index in [0.29, 0.717) is 12.1 Å². The van der Waals surface area contributed by atoms with Crippen LogP contribution in [-0.2, 0) is 11.3 Å². The molecule has 2 aromatic carbocycles. The Morgan fingerprint density at radius 2 is 1.89 bits per heavy atom. The maximum Gasteiger partial charge on any atom is 0.337 e. The summed E-state index contributed by atoms with van der Waals surface area (Å²) in [5.74, 6) is -0.309. The van der Waals surface area contributed by atoms with E-state index in [1.807, 2.05) is 48.5 Å². The smallest absolute Gasteiger partial charge is 0.337 e. The van der Waals surface area contributed by atoms with E-state index >= 15 is 0 Å². The number of carbonyl (C=O) groups excluding carboxylic acids is 1. The lowest BCUT2D eigenvalue weighted by molar-refractivity contribution is 0.0600. The van der Waals surface area contributed by atoms with Gasteiger partial charge >= 0.3 is 5.97 Å². The summed E-state index contributed by atoms with van der Waals surface area (Å²) >= 11 is 0. The Labute approximate surface area is 106 Å². The van der Waals surface area contributed by atoms with Crippen LogP contribution in [0.1, 0.15) is 15.9 Å². The van der Waals surface area contributed by atoms with Crippen LogP contribution in [0.5, 0.6) is 0 Å². The molecule has 0 heterocycles. The van der Waals surface area contributed by atoms with E-state index < -0.39 is 0 Å². The summed E-state index contributed by atoms with van der Waals surface area (Å²) in [6.07, 6.45) is 0. The minimum atomic E-state index is -0.309. The molecule has 2 aromatic rings. The maximum atomic E-state index is 11.4. The lowest BCUT2D eigenvalue weighted by Crippen LogP contribution is -2.04. The number of para-hydroxylation sites is 1. The molecule has 0 bridgehead atoms. The van der Waals surface area contributed by atoms with Gasteiger partial charge in [-0.15, -0.1) is 0 Å². The molecule has 0 aromatic heterocycles. The highest BCUT2D eigenvalue weighted by Gasteiger charge is 2.05. The maximum absolute atomic E-state index is 11.4. The van der Waals surface area contributed by atoms with E-state index in [4.69, 9.17) is 4.74 Å². The van der Waals surface area contributed by atoms with Gasteiger partial charge in [0.05, 0.1) is 12.7 Å². The van der Waals surface area contributed by atoms with Gasteiger partial charge in [0.15, 0.2) is 0 Å². The number of benzene rings is 2. The minimum absolute atomic E-state index is 0.309. The fourth-order valence-electron chi connectivity index (χ4n) is 1.69. The Hall–Kier alpha value is -2.29. The Morgan fingerprint density at radius 1 is 1.11 bits per heavy atom. The van der Waals surface area contributed by atoms with Gasteiger partial charge in [0.25, 0.3) is 0 Å². The predicted molar refractivity (Wildman–Crippen MR) is 71.6 cm³/mol. The highest BCUT2D eigenvalue weighted by atomic mass is 16.5. The molecule has 0 aliphatic heterocycles. The van der Waals surface area contributed by atoms with Gasteiger partial charge in [-0.3, -0.25) is 0 Å². The molecule has 2 rings (SSSR count). The van der Waals surface area contributed by atoms with Crippen molar-refractivity contribution < 1.29 is 9.53 Å². The van der Waals surface area contributed by atoms with Gasteiger partial charge in [0.2, 0.25) is 0 Å². The van der Waals surface area contributed by atoms with E-state index in [1.54, 1.807) is 6.07 Å². The van der Waals surface area contributed by atoms with Crippen LogP contribution in [0.4, 0.5) is 5.69 Å². The molecule has 0 atom stereocenters. The fraction of sp³-hybridized carbons (Fsp3) is 0.133. The Kier molecular flexibility index (Phi) is 3.97. The van der Waals surface area contributed by atoms with Crippen molar-refractivity contribution >= 4 is 11.7 Å². The largest absolute Gasteiger partial charge is 0.465 e. The molecule has 0 aliphatic carbocycles. The molecular weight excluding hydrogens is 226 g/mol. The van der Waals surface area contributed by atoms with Crippen molar-refractivity contribution in [3.05, 3.63) is 65.7 Å². The molecular formula is C15H15NO2. The molecule has 18 heavy (non-hydrogen) atoms. The first-order valence-electron chi connectivity index (χ1n) is 5.76. The number of nitrogens with one attached hydrogen (secondary N) is 1. The van der Waals surface area contributed by atoms with Gasteiger partial charge in [-0.2, -0.15) is 0 Å². The summed E-state index contributed by atoms with van der Waals surface area (Å²) in [5, 5.41) is 3.29. The second-order valence-corrected chi connectivity index (χ2v) is 3.91. The standard InChI is InChI=1S/C15H15NO2/c1-18-15(17)13-7-5-6-12(10-13)11-16-14-8-3-2-4-9-14/h2-10,16H,11H2,1H3. The molecule has 3 nitrogen and oxygen atoms in total. The third-order valence-corrected chi connectivity index (χ3v) is 2.62. The highest BCUT2D eigenvalue weighted by molar-refractivity contribution is 5.89. The fourth-order valence-corrected chi connectivity index (χ4v) is 1.69. The Balaban J connectivity index is 2.04.